The third-order valence-electron chi connectivity index (χ3n) is 3.06. The molecule has 2 N–H and O–H groups in total. The van der Waals surface area contributed by atoms with Crippen LogP contribution in [0.15, 0.2) is 0 Å². The van der Waals surface area contributed by atoms with Crippen molar-refractivity contribution in [2.75, 3.05) is 19.6 Å². The summed E-state index contributed by atoms with van der Waals surface area (Å²) in [4.78, 5) is 3.16. The fourth-order valence-electron chi connectivity index (χ4n) is 1.65. The zero-order chi connectivity index (χ0) is 13.4. The molecule has 0 amide bonds. The van der Waals surface area contributed by atoms with Gasteiger partial charge in [-0.3, -0.25) is 0 Å². The van der Waals surface area contributed by atoms with E-state index in [4.69, 9.17) is 18.0 Å². The van der Waals surface area contributed by atoms with E-state index >= 15 is 0 Å². The van der Waals surface area contributed by atoms with Gasteiger partial charge in [-0.25, -0.2) is 0 Å². The minimum Gasteiger partial charge on any atom is -0.393 e. The van der Waals surface area contributed by atoms with Gasteiger partial charge in [0.15, 0.2) is 0 Å². The van der Waals surface area contributed by atoms with Crippen molar-refractivity contribution >= 4 is 17.2 Å². The Kier molecular flexibility index (Phi) is 8.79. The van der Waals surface area contributed by atoms with Gasteiger partial charge in [-0.1, -0.05) is 46.8 Å². The molecule has 102 valence electrons. The number of hydrogen-bond acceptors (Lipinski definition) is 2. The lowest BCUT2D eigenvalue weighted by Crippen LogP contribution is -2.36. The second-order valence-corrected chi connectivity index (χ2v) is 6.44. The topological polar surface area (TPSA) is 29.3 Å². The van der Waals surface area contributed by atoms with Gasteiger partial charge in [0.2, 0.25) is 0 Å². The molecular weight excluding hydrogens is 228 g/mol. The SMILES string of the molecule is CC(C)CCN(CCC(C)C)CC(C)C(N)=S. The summed E-state index contributed by atoms with van der Waals surface area (Å²) in [5.41, 5.74) is 5.70. The molecule has 0 bridgehead atoms. The molecule has 0 aromatic rings. The average molecular weight is 258 g/mol. The second-order valence-electron chi connectivity index (χ2n) is 5.97. The summed E-state index contributed by atoms with van der Waals surface area (Å²) in [6.45, 7) is 14.6. The molecule has 0 aliphatic heterocycles. The van der Waals surface area contributed by atoms with E-state index in [0.717, 1.165) is 31.5 Å². The Morgan fingerprint density at radius 1 is 1.00 bits per heavy atom. The molecule has 0 aromatic heterocycles. The molecule has 3 heteroatoms. The molecule has 2 nitrogen and oxygen atoms in total. The molecule has 1 unspecified atom stereocenters. The molecule has 1 atom stereocenters. The van der Waals surface area contributed by atoms with E-state index in [9.17, 15) is 0 Å². The predicted octanol–water partition coefficient (Wildman–Crippen LogP) is 3.30. The first-order chi connectivity index (χ1) is 7.82. The average Bonchev–Trinajstić information content (AvgIpc) is 2.21. The van der Waals surface area contributed by atoms with Gasteiger partial charge in [-0.2, -0.15) is 0 Å². The molecule has 0 radical (unpaired) electrons. The van der Waals surface area contributed by atoms with Gasteiger partial charge in [0.1, 0.15) is 0 Å². The molecular formula is C14H30N2S. The van der Waals surface area contributed by atoms with Crippen LogP contribution >= 0.6 is 12.2 Å². The zero-order valence-electron chi connectivity index (χ0n) is 12.2. The largest absolute Gasteiger partial charge is 0.393 e. The fourth-order valence-corrected chi connectivity index (χ4v) is 1.73. The van der Waals surface area contributed by atoms with Gasteiger partial charge in [-0.15, -0.1) is 0 Å². The third kappa shape index (κ3) is 9.54. The van der Waals surface area contributed by atoms with Crippen molar-refractivity contribution in [1.82, 2.24) is 4.90 Å². The van der Waals surface area contributed by atoms with Crippen LogP contribution in [-0.4, -0.2) is 29.5 Å². The van der Waals surface area contributed by atoms with Crippen LogP contribution in [0.3, 0.4) is 0 Å². The van der Waals surface area contributed by atoms with Gasteiger partial charge < -0.3 is 10.6 Å². The van der Waals surface area contributed by atoms with Crippen molar-refractivity contribution in [3.63, 3.8) is 0 Å². The number of hydrogen-bond donors (Lipinski definition) is 1. The Hall–Kier alpha value is -0.150. The van der Waals surface area contributed by atoms with Gasteiger partial charge in [0, 0.05) is 12.5 Å². The maximum Gasteiger partial charge on any atom is 0.0768 e. The molecule has 0 aliphatic carbocycles. The van der Waals surface area contributed by atoms with E-state index in [1.165, 1.54) is 12.8 Å². The lowest BCUT2D eigenvalue weighted by molar-refractivity contribution is 0.231. The molecule has 0 saturated heterocycles. The van der Waals surface area contributed by atoms with Crippen molar-refractivity contribution in [3.05, 3.63) is 0 Å². The summed E-state index contributed by atoms with van der Waals surface area (Å²) in [7, 11) is 0. The van der Waals surface area contributed by atoms with Crippen LogP contribution in [-0.2, 0) is 0 Å². The van der Waals surface area contributed by atoms with Gasteiger partial charge in [-0.05, 0) is 37.8 Å². The Morgan fingerprint density at radius 3 is 1.71 bits per heavy atom. The van der Waals surface area contributed by atoms with E-state index < -0.39 is 0 Å². The van der Waals surface area contributed by atoms with Crippen LogP contribution in [0.25, 0.3) is 0 Å². The molecule has 0 heterocycles. The first-order valence-electron chi connectivity index (χ1n) is 6.84. The van der Waals surface area contributed by atoms with Crippen LogP contribution in [0.2, 0.25) is 0 Å². The van der Waals surface area contributed by atoms with E-state index in [-0.39, 0.29) is 0 Å². The summed E-state index contributed by atoms with van der Waals surface area (Å²) >= 11 is 5.06. The van der Waals surface area contributed by atoms with Crippen molar-refractivity contribution in [2.24, 2.45) is 23.5 Å². The summed E-state index contributed by atoms with van der Waals surface area (Å²) in [6, 6.07) is 0. The summed E-state index contributed by atoms with van der Waals surface area (Å²) in [5, 5.41) is 0. The van der Waals surface area contributed by atoms with Crippen LogP contribution in [0, 0.1) is 17.8 Å². The fraction of sp³-hybridized carbons (Fsp3) is 0.929. The Balaban J connectivity index is 4.14. The molecule has 0 rings (SSSR count). The van der Waals surface area contributed by atoms with Crippen LogP contribution in [0.1, 0.15) is 47.5 Å². The molecule has 0 aliphatic rings. The highest BCUT2D eigenvalue weighted by Crippen LogP contribution is 2.09. The maximum absolute atomic E-state index is 5.70. The highest BCUT2D eigenvalue weighted by molar-refractivity contribution is 7.80. The number of thiocarbonyl (C=S) groups is 1. The highest BCUT2D eigenvalue weighted by atomic mass is 32.1. The van der Waals surface area contributed by atoms with Crippen LogP contribution < -0.4 is 5.73 Å². The van der Waals surface area contributed by atoms with Crippen LogP contribution in [0.4, 0.5) is 0 Å². The lowest BCUT2D eigenvalue weighted by atomic mass is 10.1. The first-order valence-corrected chi connectivity index (χ1v) is 7.25. The van der Waals surface area contributed by atoms with Crippen molar-refractivity contribution in [1.29, 1.82) is 0 Å². The predicted molar refractivity (Wildman–Crippen MR) is 81.3 cm³/mol. The third-order valence-corrected chi connectivity index (χ3v) is 3.47. The smallest absolute Gasteiger partial charge is 0.0768 e. The van der Waals surface area contributed by atoms with Gasteiger partial charge >= 0.3 is 0 Å². The zero-order valence-corrected chi connectivity index (χ0v) is 13.0. The van der Waals surface area contributed by atoms with Gasteiger partial charge in [0.25, 0.3) is 0 Å². The molecule has 0 fully saturated rings. The van der Waals surface area contributed by atoms with E-state index in [1.807, 2.05) is 0 Å². The molecule has 0 saturated carbocycles. The Bertz CT molecular complexity index is 202. The monoisotopic (exact) mass is 258 g/mol. The summed E-state index contributed by atoms with van der Waals surface area (Å²) in [6.07, 6.45) is 2.50. The van der Waals surface area contributed by atoms with E-state index in [2.05, 4.69) is 39.5 Å². The van der Waals surface area contributed by atoms with Crippen molar-refractivity contribution in [2.45, 2.75) is 47.5 Å². The maximum atomic E-state index is 5.70. The Labute approximate surface area is 113 Å². The van der Waals surface area contributed by atoms with Crippen LogP contribution in [0.5, 0.6) is 0 Å². The van der Waals surface area contributed by atoms with E-state index in [1.54, 1.807) is 0 Å². The molecule has 0 aromatic carbocycles. The quantitative estimate of drug-likeness (QED) is 0.643. The molecule has 17 heavy (non-hydrogen) atoms. The lowest BCUT2D eigenvalue weighted by Gasteiger charge is -2.26. The summed E-state index contributed by atoms with van der Waals surface area (Å²) < 4.78 is 0. The Morgan fingerprint density at radius 2 is 1.41 bits per heavy atom. The summed E-state index contributed by atoms with van der Waals surface area (Å²) in [5.74, 6) is 1.85. The molecule has 0 spiro atoms. The minimum atomic E-state index is 0.323. The highest BCUT2D eigenvalue weighted by Gasteiger charge is 2.13. The normalized spacial score (nSPS) is 13.6. The first kappa shape index (κ1) is 16.9. The number of nitrogens with two attached hydrogens (primary N) is 1. The number of rotatable bonds is 9. The van der Waals surface area contributed by atoms with Crippen molar-refractivity contribution < 1.29 is 0 Å². The number of nitrogens with zero attached hydrogens (tertiary/aromatic N) is 1. The van der Waals surface area contributed by atoms with Crippen molar-refractivity contribution in [3.8, 4) is 0 Å². The van der Waals surface area contributed by atoms with Gasteiger partial charge in [0.05, 0.1) is 4.99 Å². The second kappa shape index (κ2) is 8.87. The standard InChI is InChI=1S/C14H30N2S/c1-11(2)6-8-16(9-7-12(3)4)10-13(5)14(15)17/h11-13H,6-10H2,1-5H3,(H2,15,17). The minimum absolute atomic E-state index is 0.323. The van der Waals surface area contributed by atoms with E-state index in [0.29, 0.717) is 10.9 Å².